The second-order valence-corrected chi connectivity index (χ2v) is 5.37. The van der Waals surface area contributed by atoms with Crippen molar-refractivity contribution in [1.82, 2.24) is 0 Å². The summed E-state index contributed by atoms with van der Waals surface area (Å²) < 4.78 is 0. The molecular weight excluding hydrogens is 274 g/mol. The van der Waals surface area contributed by atoms with Gasteiger partial charge in [-0.25, -0.2) is 0 Å². The van der Waals surface area contributed by atoms with Crippen LogP contribution < -0.4 is 5.32 Å². The number of benzene rings is 2. The predicted molar refractivity (Wildman–Crippen MR) is 87.0 cm³/mol. The topological polar surface area (TPSA) is 46.2 Å². The molecule has 0 radical (unpaired) electrons. The monoisotopic (exact) mass is 291 g/mol. The zero-order chi connectivity index (χ0) is 15.5. The second-order valence-electron chi connectivity index (χ2n) is 5.37. The Kier molecular flexibility index (Phi) is 3.88. The molecular formula is C19H17NO2. The van der Waals surface area contributed by atoms with Crippen LogP contribution in [0.5, 0.6) is 0 Å². The highest BCUT2D eigenvalue weighted by Gasteiger charge is 2.19. The molecule has 0 atom stereocenters. The first-order valence-electron chi connectivity index (χ1n) is 7.40. The molecule has 1 heterocycles. The summed E-state index contributed by atoms with van der Waals surface area (Å²) in [5.41, 5.74) is 3.86. The lowest BCUT2D eigenvalue weighted by atomic mass is 10.0. The Morgan fingerprint density at radius 1 is 1.14 bits per heavy atom. The molecule has 3 heteroatoms. The Morgan fingerprint density at radius 3 is 2.64 bits per heavy atom. The van der Waals surface area contributed by atoms with Crippen LogP contribution in [0.4, 0.5) is 5.69 Å². The first-order chi connectivity index (χ1) is 10.7. The van der Waals surface area contributed by atoms with Crippen LogP contribution in [0.3, 0.4) is 0 Å². The average Bonchev–Trinajstić information content (AvgIpc) is 2.72. The van der Waals surface area contributed by atoms with Crippen molar-refractivity contribution in [2.45, 2.75) is 19.8 Å². The first kappa shape index (κ1) is 14.3. The van der Waals surface area contributed by atoms with Crippen LogP contribution in [0.15, 0.2) is 60.3 Å². The number of aryl methyl sites for hydroxylation is 1. The summed E-state index contributed by atoms with van der Waals surface area (Å²) in [5, 5.41) is 3.13. The lowest BCUT2D eigenvalue weighted by Gasteiger charge is -2.12. The van der Waals surface area contributed by atoms with E-state index in [0.717, 1.165) is 17.7 Å². The summed E-state index contributed by atoms with van der Waals surface area (Å²) in [4.78, 5) is 24.7. The van der Waals surface area contributed by atoms with Crippen molar-refractivity contribution in [2.75, 3.05) is 5.32 Å². The van der Waals surface area contributed by atoms with E-state index in [2.05, 4.69) is 12.2 Å². The fourth-order valence-electron chi connectivity index (χ4n) is 2.58. The SMILES string of the molecule is CCc1ccc2c(c1)CC(=O)C=C(C(=O)c1ccccc1)N2. The van der Waals surface area contributed by atoms with Gasteiger partial charge in [-0.2, -0.15) is 0 Å². The van der Waals surface area contributed by atoms with Crippen molar-refractivity contribution < 1.29 is 9.59 Å². The number of hydrogen-bond donors (Lipinski definition) is 1. The third-order valence-electron chi connectivity index (χ3n) is 3.80. The van der Waals surface area contributed by atoms with Gasteiger partial charge in [0, 0.05) is 23.7 Å². The number of anilines is 1. The van der Waals surface area contributed by atoms with Crippen LogP contribution in [0.25, 0.3) is 0 Å². The molecule has 0 aliphatic carbocycles. The van der Waals surface area contributed by atoms with E-state index in [0.29, 0.717) is 17.7 Å². The average molecular weight is 291 g/mol. The molecule has 0 saturated carbocycles. The molecule has 0 saturated heterocycles. The van der Waals surface area contributed by atoms with Gasteiger partial charge in [0.1, 0.15) is 0 Å². The second kappa shape index (κ2) is 5.98. The number of nitrogens with one attached hydrogen (secondary N) is 1. The number of Topliss-reactive ketones (excluding diaryl/α,β-unsaturated/α-hetero) is 1. The first-order valence-corrected chi connectivity index (χ1v) is 7.40. The highest BCUT2D eigenvalue weighted by atomic mass is 16.1. The van der Waals surface area contributed by atoms with Crippen LogP contribution >= 0.6 is 0 Å². The standard InChI is InChI=1S/C19H17NO2/c1-2-13-8-9-17-15(10-13)11-16(21)12-18(20-17)19(22)14-6-4-3-5-7-14/h3-10,12,20H,2,11H2,1H3. The van der Waals surface area contributed by atoms with Gasteiger partial charge in [-0.3, -0.25) is 9.59 Å². The molecule has 1 N–H and O–H groups in total. The fourth-order valence-corrected chi connectivity index (χ4v) is 2.58. The molecule has 1 aliphatic rings. The number of ketones is 2. The highest BCUT2D eigenvalue weighted by molar-refractivity contribution is 6.14. The number of carbonyl (C=O) groups is 2. The van der Waals surface area contributed by atoms with E-state index in [1.54, 1.807) is 12.1 Å². The predicted octanol–water partition coefficient (Wildman–Crippen LogP) is 3.55. The molecule has 0 unspecified atom stereocenters. The molecule has 0 amide bonds. The van der Waals surface area contributed by atoms with E-state index in [9.17, 15) is 9.59 Å². The van der Waals surface area contributed by atoms with Crippen LogP contribution in [0.2, 0.25) is 0 Å². The van der Waals surface area contributed by atoms with E-state index < -0.39 is 0 Å². The number of allylic oxidation sites excluding steroid dienone is 2. The summed E-state index contributed by atoms with van der Waals surface area (Å²) in [5.74, 6) is -0.222. The Bertz CT molecular complexity index is 760. The van der Waals surface area contributed by atoms with Gasteiger partial charge >= 0.3 is 0 Å². The van der Waals surface area contributed by atoms with Gasteiger partial charge in [0.2, 0.25) is 5.78 Å². The molecule has 2 aromatic rings. The van der Waals surface area contributed by atoms with Crippen LogP contribution in [0, 0.1) is 0 Å². The molecule has 0 aromatic heterocycles. The normalized spacial score (nSPS) is 13.7. The number of rotatable bonds is 3. The third-order valence-corrected chi connectivity index (χ3v) is 3.80. The van der Waals surface area contributed by atoms with Gasteiger partial charge in [0.05, 0.1) is 5.70 Å². The molecule has 22 heavy (non-hydrogen) atoms. The molecule has 1 aliphatic heterocycles. The summed E-state index contributed by atoms with van der Waals surface area (Å²) in [7, 11) is 0. The van der Waals surface area contributed by atoms with Crippen molar-refractivity contribution in [3.63, 3.8) is 0 Å². The maximum atomic E-state index is 12.5. The lowest BCUT2D eigenvalue weighted by Crippen LogP contribution is -2.12. The Hall–Kier alpha value is -2.68. The van der Waals surface area contributed by atoms with Crippen molar-refractivity contribution in [3.05, 3.63) is 77.0 Å². The van der Waals surface area contributed by atoms with E-state index in [-0.39, 0.29) is 11.6 Å². The number of carbonyl (C=O) groups excluding carboxylic acids is 2. The summed E-state index contributed by atoms with van der Waals surface area (Å²) in [6.07, 6.45) is 2.66. The van der Waals surface area contributed by atoms with Gasteiger partial charge in [0.25, 0.3) is 0 Å². The van der Waals surface area contributed by atoms with Crippen molar-refractivity contribution in [3.8, 4) is 0 Å². The molecule has 2 aromatic carbocycles. The Morgan fingerprint density at radius 2 is 1.91 bits per heavy atom. The largest absolute Gasteiger partial charge is 0.352 e. The Balaban J connectivity index is 1.96. The van der Waals surface area contributed by atoms with Gasteiger partial charge in [-0.1, -0.05) is 49.4 Å². The van der Waals surface area contributed by atoms with Crippen LogP contribution in [-0.4, -0.2) is 11.6 Å². The quantitative estimate of drug-likeness (QED) is 0.880. The van der Waals surface area contributed by atoms with Gasteiger partial charge < -0.3 is 5.32 Å². The third kappa shape index (κ3) is 2.84. The van der Waals surface area contributed by atoms with E-state index in [4.69, 9.17) is 0 Å². The van der Waals surface area contributed by atoms with E-state index in [1.165, 1.54) is 11.6 Å². The maximum absolute atomic E-state index is 12.5. The molecule has 0 spiro atoms. The number of fused-ring (bicyclic) bond motifs is 1. The minimum atomic E-state index is -0.165. The molecule has 0 fully saturated rings. The van der Waals surface area contributed by atoms with E-state index >= 15 is 0 Å². The van der Waals surface area contributed by atoms with E-state index in [1.807, 2.05) is 36.4 Å². The Labute approximate surface area is 129 Å². The van der Waals surface area contributed by atoms with Crippen LogP contribution in [0.1, 0.15) is 28.4 Å². The van der Waals surface area contributed by atoms with Crippen molar-refractivity contribution in [2.24, 2.45) is 0 Å². The van der Waals surface area contributed by atoms with Gasteiger partial charge in [-0.15, -0.1) is 0 Å². The summed E-state index contributed by atoms with van der Waals surface area (Å²) in [6.45, 7) is 2.08. The lowest BCUT2D eigenvalue weighted by molar-refractivity contribution is -0.114. The van der Waals surface area contributed by atoms with Gasteiger partial charge in [0.15, 0.2) is 5.78 Å². The minimum absolute atomic E-state index is 0.0567. The minimum Gasteiger partial charge on any atom is -0.352 e. The van der Waals surface area contributed by atoms with Crippen molar-refractivity contribution in [1.29, 1.82) is 0 Å². The smallest absolute Gasteiger partial charge is 0.209 e. The fraction of sp³-hybridized carbons (Fsp3) is 0.158. The molecule has 3 nitrogen and oxygen atoms in total. The van der Waals surface area contributed by atoms with Crippen molar-refractivity contribution >= 4 is 17.3 Å². The maximum Gasteiger partial charge on any atom is 0.209 e. The summed E-state index contributed by atoms with van der Waals surface area (Å²) in [6, 6.07) is 15.0. The van der Waals surface area contributed by atoms with Crippen LogP contribution in [-0.2, 0) is 17.6 Å². The summed E-state index contributed by atoms with van der Waals surface area (Å²) >= 11 is 0. The zero-order valence-corrected chi connectivity index (χ0v) is 12.4. The molecule has 3 rings (SSSR count). The molecule has 110 valence electrons. The highest BCUT2D eigenvalue weighted by Crippen LogP contribution is 2.24. The molecule has 0 bridgehead atoms. The van der Waals surface area contributed by atoms with Gasteiger partial charge in [-0.05, 0) is 23.6 Å². The zero-order valence-electron chi connectivity index (χ0n) is 12.4. The number of hydrogen-bond acceptors (Lipinski definition) is 3.